The van der Waals surface area contributed by atoms with Gasteiger partial charge in [0.15, 0.2) is 0 Å². The molecule has 0 saturated carbocycles. The first-order valence-corrected chi connectivity index (χ1v) is 7.98. The summed E-state index contributed by atoms with van der Waals surface area (Å²) < 4.78 is 3.41. The average molecular weight is 317 g/mol. The molecular weight excluding hydrogens is 294 g/mol. The lowest BCUT2D eigenvalue weighted by Gasteiger charge is -2.31. The van der Waals surface area contributed by atoms with Gasteiger partial charge >= 0.3 is 5.97 Å². The zero-order chi connectivity index (χ0) is 16.4. The summed E-state index contributed by atoms with van der Waals surface area (Å²) in [7, 11) is 1.97. The molecule has 0 aliphatic carbocycles. The Morgan fingerprint density at radius 1 is 1.48 bits per heavy atom. The van der Waals surface area contributed by atoms with Crippen LogP contribution in [0, 0.1) is 6.92 Å². The summed E-state index contributed by atoms with van der Waals surface area (Å²) in [6.07, 6.45) is 5.94. The van der Waals surface area contributed by atoms with Gasteiger partial charge in [-0.1, -0.05) is 0 Å². The van der Waals surface area contributed by atoms with Gasteiger partial charge in [0.2, 0.25) is 0 Å². The number of likely N-dealkylation sites (tertiary alicyclic amines) is 1. The fourth-order valence-electron chi connectivity index (χ4n) is 3.20. The molecule has 0 unspecified atom stereocenters. The largest absolute Gasteiger partial charge is 0.480 e. The van der Waals surface area contributed by atoms with Gasteiger partial charge in [-0.2, -0.15) is 10.2 Å². The number of hydrogen-bond acceptors (Lipinski definition) is 4. The monoisotopic (exact) mass is 317 g/mol. The Morgan fingerprint density at radius 2 is 2.30 bits per heavy atom. The Balaban J connectivity index is 1.65. The maximum atomic E-state index is 10.8. The lowest BCUT2D eigenvalue weighted by molar-refractivity contribution is -0.137. The zero-order valence-corrected chi connectivity index (χ0v) is 13.6. The van der Waals surface area contributed by atoms with Crippen molar-refractivity contribution in [2.24, 2.45) is 7.05 Å². The van der Waals surface area contributed by atoms with Crippen molar-refractivity contribution in [2.45, 2.75) is 38.8 Å². The first kappa shape index (κ1) is 15.7. The van der Waals surface area contributed by atoms with Gasteiger partial charge in [-0.15, -0.1) is 0 Å². The molecule has 3 rings (SSSR count). The maximum Gasteiger partial charge on any atom is 0.325 e. The molecule has 7 nitrogen and oxygen atoms in total. The summed E-state index contributed by atoms with van der Waals surface area (Å²) >= 11 is 0. The van der Waals surface area contributed by atoms with Crippen LogP contribution in [0.2, 0.25) is 0 Å². The van der Waals surface area contributed by atoms with Crippen molar-refractivity contribution in [3.8, 4) is 0 Å². The van der Waals surface area contributed by atoms with E-state index in [1.807, 2.05) is 24.0 Å². The molecule has 3 heterocycles. The van der Waals surface area contributed by atoms with E-state index in [1.165, 1.54) is 15.9 Å². The molecule has 124 valence electrons. The molecule has 1 N–H and O–H groups in total. The smallest absolute Gasteiger partial charge is 0.325 e. The quantitative estimate of drug-likeness (QED) is 0.902. The van der Waals surface area contributed by atoms with E-state index in [9.17, 15) is 4.79 Å². The van der Waals surface area contributed by atoms with E-state index in [-0.39, 0.29) is 6.54 Å². The third-order valence-corrected chi connectivity index (χ3v) is 4.61. The highest BCUT2D eigenvalue weighted by Crippen LogP contribution is 2.27. The maximum absolute atomic E-state index is 10.8. The second kappa shape index (κ2) is 6.54. The minimum atomic E-state index is -0.864. The van der Waals surface area contributed by atoms with Gasteiger partial charge in [0, 0.05) is 43.5 Å². The second-order valence-electron chi connectivity index (χ2n) is 6.29. The molecule has 1 saturated heterocycles. The molecule has 1 aliphatic rings. The molecule has 1 fully saturated rings. The number of carboxylic acids is 1. The highest BCUT2D eigenvalue weighted by molar-refractivity contribution is 5.66. The first-order chi connectivity index (χ1) is 11.0. The van der Waals surface area contributed by atoms with Crippen LogP contribution in [0.5, 0.6) is 0 Å². The van der Waals surface area contributed by atoms with Crippen molar-refractivity contribution < 1.29 is 9.90 Å². The van der Waals surface area contributed by atoms with Crippen LogP contribution in [-0.4, -0.2) is 48.6 Å². The summed E-state index contributed by atoms with van der Waals surface area (Å²) in [5.74, 6) is -0.493. The van der Waals surface area contributed by atoms with Crippen LogP contribution in [0.25, 0.3) is 0 Å². The SMILES string of the molecule is Cc1c(CN2CCC[C@H](c3ccn(CC(=O)O)n3)C2)cnn1C. The summed E-state index contributed by atoms with van der Waals surface area (Å²) in [5.41, 5.74) is 3.47. The van der Waals surface area contributed by atoms with Gasteiger partial charge in [-0.25, -0.2) is 0 Å². The number of piperidine rings is 1. The topological polar surface area (TPSA) is 76.2 Å². The van der Waals surface area contributed by atoms with Crippen LogP contribution in [0.3, 0.4) is 0 Å². The van der Waals surface area contributed by atoms with Crippen molar-refractivity contribution in [3.63, 3.8) is 0 Å². The third-order valence-electron chi connectivity index (χ3n) is 4.61. The van der Waals surface area contributed by atoms with Crippen LogP contribution < -0.4 is 0 Å². The molecule has 0 radical (unpaired) electrons. The van der Waals surface area contributed by atoms with Gasteiger partial charge in [-0.3, -0.25) is 19.1 Å². The normalized spacial score (nSPS) is 19.1. The Bertz CT molecular complexity index is 690. The predicted molar refractivity (Wildman–Crippen MR) is 85.1 cm³/mol. The number of aryl methyl sites for hydroxylation is 1. The predicted octanol–water partition coefficient (Wildman–Crippen LogP) is 1.39. The number of aromatic nitrogens is 4. The number of carboxylic acid groups (broad SMARTS) is 1. The van der Waals surface area contributed by atoms with Crippen LogP contribution in [0.4, 0.5) is 0 Å². The Hall–Kier alpha value is -2.15. The molecule has 7 heteroatoms. The molecular formula is C16H23N5O2. The van der Waals surface area contributed by atoms with Crippen molar-refractivity contribution in [1.29, 1.82) is 0 Å². The zero-order valence-electron chi connectivity index (χ0n) is 13.6. The summed E-state index contributed by atoms with van der Waals surface area (Å²) in [6.45, 7) is 4.97. The number of hydrogen-bond donors (Lipinski definition) is 1. The molecule has 23 heavy (non-hydrogen) atoms. The number of carbonyl (C=O) groups is 1. The third kappa shape index (κ3) is 3.61. The molecule has 0 aromatic carbocycles. The fraction of sp³-hybridized carbons (Fsp3) is 0.562. The molecule has 1 atom stereocenters. The van der Waals surface area contributed by atoms with Crippen molar-refractivity contribution in [3.05, 3.63) is 35.4 Å². The van der Waals surface area contributed by atoms with Crippen LogP contribution in [-0.2, 0) is 24.9 Å². The van der Waals surface area contributed by atoms with Gasteiger partial charge in [0.05, 0.1) is 11.9 Å². The van der Waals surface area contributed by atoms with E-state index in [4.69, 9.17) is 5.11 Å². The minimum absolute atomic E-state index is 0.0781. The van der Waals surface area contributed by atoms with Crippen molar-refractivity contribution in [2.75, 3.05) is 13.1 Å². The Labute approximate surface area is 135 Å². The van der Waals surface area contributed by atoms with E-state index >= 15 is 0 Å². The van der Waals surface area contributed by atoms with E-state index < -0.39 is 5.97 Å². The van der Waals surface area contributed by atoms with Gasteiger partial charge < -0.3 is 5.11 Å². The minimum Gasteiger partial charge on any atom is -0.480 e. The average Bonchev–Trinajstić information content (AvgIpc) is 3.09. The summed E-state index contributed by atoms with van der Waals surface area (Å²) in [5, 5.41) is 17.6. The fourth-order valence-corrected chi connectivity index (χ4v) is 3.20. The van der Waals surface area contributed by atoms with Crippen molar-refractivity contribution >= 4 is 5.97 Å². The van der Waals surface area contributed by atoms with Crippen LogP contribution in [0.1, 0.15) is 35.7 Å². The van der Waals surface area contributed by atoms with Crippen LogP contribution >= 0.6 is 0 Å². The highest BCUT2D eigenvalue weighted by Gasteiger charge is 2.24. The lowest BCUT2D eigenvalue weighted by Crippen LogP contribution is -2.34. The van der Waals surface area contributed by atoms with E-state index in [0.717, 1.165) is 38.2 Å². The van der Waals surface area contributed by atoms with Gasteiger partial charge in [0.1, 0.15) is 6.54 Å². The van der Waals surface area contributed by atoms with E-state index in [0.29, 0.717) is 5.92 Å². The second-order valence-corrected chi connectivity index (χ2v) is 6.29. The molecule has 0 spiro atoms. The Kier molecular flexibility index (Phi) is 4.47. The molecule has 1 aliphatic heterocycles. The summed E-state index contributed by atoms with van der Waals surface area (Å²) in [6, 6.07) is 1.95. The molecule has 2 aromatic heterocycles. The van der Waals surface area contributed by atoms with Gasteiger partial charge in [-0.05, 0) is 32.4 Å². The number of rotatable bonds is 5. The number of aliphatic carboxylic acids is 1. The highest BCUT2D eigenvalue weighted by atomic mass is 16.4. The van der Waals surface area contributed by atoms with E-state index in [1.54, 1.807) is 6.20 Å². The molecule has 0 amide bonds. The first-order valence-electron chi connectivity index (χ1n) is 7.98. The standard InChI is InChI=1S/C16H23N5O2/c1-12-14(8-17-19(12)2)10-20-6-3-4-13(9-20)15-5-7-21(18-15)11-16(22)23/h5,7-8,13H,3-4,6,9-11H2,1-2H3,(H,22,23)/t13-/m0/s1. The van der Waals surface area contributed by atoms with Gasteiger partial charge in [0.25, 0.3) is 0 Å². The molecule has 2 aromatic rings. The Morgan fingerprint density at radius 3 is 3.00 bits per heavy atom. The van der Waals surface area contributed by atoms with Crippen molar-refractivity contribution in [1.82, 2.24) is 24.5 Å². The van der Waals surface area contributed by atoms with E-state index in [2.05, 4.69) is 22.0 Å². The van der Waals surface area contributed by atoms with Crippen LogP contribution in [0.15, 0.2) is 18.5 Å². The number of nitrogens with zero attached hydrogens (tertiary/aromatic N) is 5. The molecule has 0 bridgehead atoms. The lowest BCUT2D eigenvalue weighted by atomic mass is 9.94. The summed E-state index contributed by atoms with van der Waals surface area (Å²) in [4.78, 5) is 13.2.